The van der Waals surface area contributed by atoms with Gasteiger partial charge in [-0.2, -0.15) is 5.10 Å². The summed E-state index contributed by atoms with van der Waals surface area (Å²) in [4.78, 5) is 14.1. The number of nitrogens with zero attached hydrogens (tertiary/aromatic N) is 3. The van der Waals surface area contributed by atoms with Crippen molar-refractivity contribution < 1.29 is 9.53 Å². The molecule has 1 heterocycles. The minimum Gasteiger partial charge on any atom is -0.492 e. The fraction of sp³-hybridized carbons (Fsp3) is 0.200. The van der Waals surface area contributed by atoms with Gasteiger partial charge < -0.3 is 9.64 Å². The third-order valence-electron chi connectivity index (χ3n) is 3.85. The highest BCUT2D eigenvalue weighted by molar-refractivity contribution is 5.93. The van der Waals surface area contributed by atoms with Crippen LogP contribution in [-0.2, 0) is 6.54 Å². The van der Waals surface area contributed by atoms with Crippen molar-refractivity contribution in [2.45, 2.75) is 6.54 Å². The van der Waals surface area contributed by atoms with Gasteiger partial charge in [-0.1, -0.05) is 48.5 Å². The van der Waals surface area contributed by atoms with Crippen molar-refractivity contribution in [3.05, 3.63) is 84.2 Å². The first-order chi connectivity index (χ1) is 12.2. The van der Waals surface area contributed by atoms with Gasteiger partial charge in [0, 0.05) is 13.2 Å². The molecule has 0 bridgehead atoms. The number of carbonyl (C=O) groups is 1. The Hall–Kier alpha value is -3.08. The maximum absolute atomic E-state index is 12.5. The smallest absolute Gasteiger partial charge is 0.256 e. The van der Waals surface area contributed by atoms with Crippen LogP contribution in [0.4, 0.5) is 0 Å². The van der Waals surface area contributed by atoms with Gasteiger partial charge >= 0.3 is 0 Å². The molecule has 128 valence electrons. The van der Waals surface area contributed by atoms with Crippen molar-refractivity contribution in [3.63, 3.8) is 0 Å². The first-order valence-corrected chi connectivity index (χ1v) is 8.22. The number of hydrogen-bond donors (Lipinski definition) is 0. The highest BCUT2D eigenvalue weighted by Crippen LogP contribution is 2.09. The van der Waals surface area contributed by atoms with Gasteiger partial charge in [-0.15, -0.1) is 0 Å². The van der Waals surface area contributed by atoms with Crippen molar-refractivity contribution >= 4 is 5.91 Å². The van der Waals surface area contributed by atoms with Crippen molar-refractivity contribution in [2.75, 3.05) is 20.2 Å². The van der Waals surface area contributed by atoms with E-state index in [4.69, 9.17) is 4.74 Å². The molecule has 2 aromatic carbocycles. The van der Waals surface area contributed by atoms with Crippen LogP contribution in [0.5, 0.6) is 5.75 Å². The zero-order chi connectivity index (χ0) is 17.5. The van der Waals surface area contributed by atoms with Gasteiger partial charge in [-0.05, 0) is 17.7 Å². The zero-order valence-electron chi connectivity index (χ0n) is 14.2. The fourth-order valence-corrected chi connectivity index (χ4v) is 2.47. The van der Waals surface area contributed by atoms with E-state index >= 15 is 0 Å². The van der Waals surface area contributed by atoms with E-state index in [0.717, 1.165) is 11.3 Å². The van der Waals surface area contributed by atoms with Crippen LogP contribution in [0.2, 0.25) is 0 Å². The standard InChI is InChI=1S/C20H21N3O2/c1-22(12-13-25-19-10-6-3-7-11-19)20(24)18-14-21-23(16-18)15-17-8-4-2-5-9-17/h2-11,14,16H,12-13,15H2,1H3. The van der Waals surface area contributed by atoms with Crippen molar-refractivity contribution in [3.8, 4) is 5.75 Å². The topological polar surface area (TPSA) is 47.4 Å². The third kappa shape index (κ3) is 4.70. The number of amides is 1. The maximum atomic E-state index is 12.5. The van der Waals surface area contributed by atoms with Gasteiger partial charge in [-0.25, -0.2) is 0 Å². The first-order valence-electron chi connectivity index (χ1n) is 8.22. The van der Waals surface area contributed by atoms with E-state index in [9.17, 15) is 4.79 Å². The molecule has 0 spiro atoms. The predicted octanol–water partition coefficient (Wildman–Crippen LogP) is 3.08. The summed E-state index contributed by atoms with van der Waals surface area (Å²) >= 11 is 0. The molecule has 5 nitrogen and oxygen atoms in total. The lowest BCUT2D eigenvalue weighted by molar-refractivity contribution is 0.0773. The van der Waals surface area contributed by atoms with Crippen LogP contribution in [0.15, 0.2) is 73.1 Å². The van der Waals surface area contributed by atoms with Crippen LogP contribution in [0, 0.1) is 0 Å². The number of aromatic nitrogens is 2. The Labute approximate surface area is 147 Å². The summed E-state index contributed by atoms with van der Waals surface area (Å²) in [6.45, 7) is 1.61. The summed E-state index contributed by atoms with van der Waals surface area (Å²) in [5.41, 5.74) is 1.73. The second kappa shape index (κ2) is 8.15. The first kappa shape index (κ1) is 16.8. The minimum absolute atomic E-state index is 0.0593. The van der Waals surface area contributed by atoms with Crippen LogP contribution in [0.25, 0.3) is 0 Å². The van der Waals surface area contributed by atoms with E-state index in [-0.39, 0.29) is 5.91 Å². The van der Waals surface area contributed by atoms with Gasteiger partial charge in [-0.3, -0.25) is 9.48 Å². The number of hydrogen-bond acceptors (Lipinski definition) is 3. The number of benzene rings is 2. The molecule has 3 aromatic rings. The molecule has 0 saturated heterocycles. The van der Waals surface area contributed by atoms with E-state index in [2.05, 4.69) is 5.10 Å². The molecule has 0 radical (unpaired) electrons. The van der Waals surface area contributed by atoms with E-state index in [1.165, 1.54) is 0 Å². The van der Waals surface area contributed by atoms with Crippen molar-refractivity contribution in [2.24, 2.45) is 0 Å². The lowest BCUT2D eigenvalue weighted by Gasteiger charge is -2.16. The van der Waals surface area contributed by atoms with Crippen LogP contribution in [0.3, 0.4) is 0 Å². The van der Waals surface area contributed by atoms with E-state index in [1.54, 1.807) is 29.0 Å². The molecule has 0 N–H and O–H groups in total. The molecule has 0 unspecified atom stereocenters. The van der Waals surface area contributed by atoms with E-state index < -0.39 is 0 Å². The van der Waals surface area contributed by atoms with Crippen LogP contribution < -0.4 is 4.74 Å². The molecule has 0 aliphatic heterocycles. The summed E-state index contributed by atoms with van der Waals surface area (Å²) < 4.78 is 7.41. The van der Waals surface area contributed by atoms with Gasteiger partial charge in [0.1, 0.15) is 12.4 Å². The monoisotopic (exact) mass is 335 g/mol. The number of para-hydroxylation sites is 1. The molecule has 25 heavy (non-hydrogen) atoms. The second-order valence-corrected chi connectivity index (χ2v) is 5.80. The van der Waals surface area contributed by atoms with Crippen molar-refractivity contribution in [1.29, 1.82) is 0 Å². The predicted molar refractivity (Wildman–Crippen MR) is 96.7 cm³/mol. The summed E-state index contributed by atoms with van der Waals surface area (Å²) in [5.74, 6) is 0.745. The van der Waals surface area contributed by atoms with Gasteiger partial charge in [0.15, 0.2) is 0 Å². The Morgan fingerprint density at radius 3 is 2.48 bits per heavy atom. The molecule has 1 aromatic heterocycles. The number of likely N-dealkylation sites (N-methyl/N-ethyl adjacent to an activating group) is 1. The number of carbonyl (C=O) groups excluding carboxylic acids is 1. The number of rotatable bonds is 7. The van der Waals surface area contributed by atoms with Crippen LogP contribution >= 0.6 is 0 Å². The number of ether oxygens (including phenoxy) is 1. The molecule has 0 saturated carbocycles. The van der Waals surface area contributed by atoms with Crippen LogP contribution in [0.1, 0.15) is 15.9 Å². The van der Waals surface area contributed by atoms with Gasteiger partial charge in [0.25, 0.3) is 5.91 Å². The molecular formula is C20H21N3O2. The molecule has 0 atom stereocenters. The quantitative estimate of drug-likeness (QED) is 0.667. The van der Waals surface area contributed by atoms with Gasteiger partial charge in [0.05, 0.1) is 24.8 Å². The molecule has 1 amide bonds. The minimum atomic E-state index is -0.0593. The Balaban J connectivity index is 1.52. The lowest BCUT2D eigenvalue weighted by Crippen LogP contribution is -2.30. The maximum Gasteiger partial charge on any atom is 0.256 e. The molecule has 3 rings (SSSR count). The lowest BCUT2D eigenvalue weighted by atomic mass is 10.2. The molecule has 0 fully saturated rings. The van der Waals surface area contributed by atoms with E-state index in [0.29, 0.717) is 25.3 Å². The highest BCUT2D eigenvalue weighted by atomic mass is 16.5. The zero-order valence-corrected chi connectivity index (χ0v) is 14.2. The third-order valence-corrected chi connectivity index (χ3v) is 3.85. The summed E-state index contributed by atoms with van der Waals surface area (Å²) in [7, 11) is 1.77. The van der Waals surface area contributed by atoms with Crippen LogP contribution in [-0.4, -0.2) is 40.8 Å². The molecule has 0 aliphatic rings. The van der Waals surface area contributed by atoms with Gasteiger partial charge in [0.2, 0.25) is 0 Å². The average molecular weight is 335 g/mol. The normalized spacial score (nSPS) is 10.4. The Morgan fingerprint density at radius 2 is 1.76 bits per heavy atom. The average Bonchev–Trinajstić information content (AvgIpc) is 3.11. The van der Waals surface area contributed by atoms with E-state index in [1.807, 2.05) is 60.7 Å². The fourth-order valence-electron chi connectivity index (χ4n) is 2.47. The Kier molecular flexibility index (Phi) is 5.46. The highest BCUT2D eigenvalue weighted by Gasteiger charge is 2.14. The second-order valence-electron chi connectivity index (χ2n) is 5.80. The molecular weight excluding hydrogens is 314 g/mol. The largest absolute Gasteiger partial charge is 0.492 e. The summed E-state index contributed by atoms with van der Waals surface area (Å²) in [5, 5.41) is 4.28. The Bertz CT molecular complexity index is 800. The summed E-state index contributed by atoms with van der Waals surface area (Å²) in [6.07, 6.45) is 3.39. The Morgan fingerprint density at radius 1 is 1.08 bits per heavy atom. The molecule has 5 heteroatoms. The van der Waals surface area contributed by atoms with Crippen molar-refractivity contribution in [1.82, 2.24) is 14.7 Å². The SMILES string of the molecule is CN(CCOc1ccccc1)C(=O)c1cnn(Cc2ccccc2)c1. The summed E-state index contributed by atoms with van der Waals surface area (Å²) in [6, 6.07) is 19.6. The molecule has 0 aliphatic carbocycles.